The van der Waals surface area contributed by atoms with Gasteiger partial charge in [0.25, 0.3) is 5.91 Å². The van der Waals surface area contributed by atoms with E-state index in [4.69, 9.17) is 27.9 Å². The van der Waals surface area contributed by atoms with Gasteiger partial charge in [-0.25, -0.2) is 4.98 Å². The summed E-state index contributed by atoms with van der Waals surface area (Å²) in [5.74, 6) is 1.15. The quantitative estimate of drug-likeness (QED) is 0.587. The zero-order valence-corrected chi connectivity index (χ0v) is 15.8. The van der Waals surface area contributed by atoms with Gasteiger partial charge in [-0.3, -0.25) is 4.79 Å². The van der Waals surface area contributed by atoms with Gasteiger partial charge in [-0.05, 0) is 43.7 Å². The highest BCUT2D eigenvalue weighted by Crippen LogP contribution is 2.28. The highest BCUT2D eigenvalue weighted by molar-refractivity contribution is 6.35. The molecule has 136 valence electrons. The van der Waals surface area contributed by atoms with E-state index in [1.54, 1.807) is 25.1 Å². The van der Waals surface area contributed by atoms with E-state index < -0.39 is 6.10 Å². The van der Waals surface area contributed by atoms with Gasteiger partial charge in [0.1, 0.15) is 11.6 Å². The van der Waals surface area contributed by atoms with Gasteiger partial charge in [-0.2, -0.15) is 0 Å². The molecule has 26 heavy (non-hydrogen) atoms. The SMILES string of the molecule is CC(Oc1ccc(Cl)cc1Cl)C(=O)NCCCc1nc2ccccc2[nH]1. The molecule has 2 aromatic carbocycles. The number of fused-ring (bicyclic) bond motifs is 1. The third-order valence-corrected chi connectivity index (χ3v) is 4.43. The number of halogens is 2. The van der Waals surface area contributed by atoms with E-state index >= 15 is 0 Å². The fraction of sp³-hybridized carbons (Fsp3) is 0.263. The zero-order valence-electron chi connectivity index (χ0n) is 14.3. The summed E-state index contributed by atoms with van der Waals surface area (Å²) in [4.78, 5) is 19.9. The molecule has 0 fully saturated rings. The average molecular weight is 392 g/mol. The number of carbonyl (C=O) groups excluding carboxylic acids is 1. The molecule has 0 aliphatic rings. The van der Waals surface area contributed by atoms with Gasteiger partial charge >= 0.3 is 0 Å². The molecule has 0 spiro atoms. The molecule has 1 aromatic heterocycles. The van der Waals surface area contributed by atoms with Crippen LogP contribution < -0.4 is 10.1 Å². The number of benzene rings is 2. The predicted octanol–water partition coefficient (Wildman–Crippen LogP) is 4.39. The number of nitrogens with one attached hydrogen (secondary N) is 2. The van der Waals surface area contributed by atoms with E-state index in [9.17, 15) is 4.79 Å². The van der Waals surface area contributed by atoms with E-state index in [2.05, 4.69) is 15.3 Å². The van der Waals surface area contributed by atoms with Gasteiger partial charge in [0.2, 0.25) is 0 Å². The number of hydrogen-bond donors (Lipinski definition) is 2. The summed E-state index contributed by atoms with van der Waals surface area (Å²) in [7, 11) is 0. The van der Waals surface area contributed by atoms with Crippen LogP contribution in [0.15, 0.2) is 42.5 Å². The van der Waals surface area contributed by atoms with Crippen LogP contribution >= 0.6 is 23.2 Å². The largest absolute Gasteiger partial charge is 0.479 e. The first-order chi connectivity index (χ1) is 12.5. The summed E-state index contributed by atoms with van der Waals surface area (Å²) >= 11 is 11.9. The number of imidazole rings is 1. The number of aromatic amines is 1. The molecule has 1 amide bonds. The lowest BCUT2D eigenvalue weighted by molar-refractivity contribution is -0.127. The molecule has 0 aliphatic heterocycles. The van der Waals surface area contributed by atoms with Crippen molar-refractivity contribution < 1.29 is 9.53 Å². The second-order valence-electron chi connectivity index (χ2n) is 5.93. The Labute approximate surface area is 161 Å². The highest BCUT2D eigenvalue weighted by atomic mass is 35.5. The van der Waals surface area contributed by atoms with Crippen LogP contribution in [0.5, 0.6) is 5.75 Å². The minimum Gasteiger partial charge on any atom is -0.479 e. The Kier molecular flexibility index (Phi) is 6.01. The third kappa shape index (κ3) is 4.68. The number of aromatic nitrogens is 2. The Balaban J connectivity index is 1.44. The molecule has 2 N–H and O–H groups in total. The van der Waals surface area contributed by atoms with Gasteiger partial charge in [0, 0.05) is 18.0 Å². The number of carbonyl (C=O) groups is 1. The van der Waals surface area contributed by atoms with Crippen molar-refractivity contribution in [1.29, 1.82) is 0 Å². The Morgan fingerprint density at radius 3 is 2.85 bits per heavy atom. The van der Waals surface area contributed by atoms with Crippen molar-refractivity contribution in [1.82, 2.24) is 15.3 Å². The number of H-pyrrole nitrogens is 1. The van der Waals surface area contributed by atoms with Gasteiger partial charge in [0.15, 0.2) is 6.10 Å². The van der Waals surface area contributed by atoms with Gasteiger partial charge in [-0.1, -0.05) is 35.3 Å². The maximum atomic E-state index is 12.1. The topological polar surface area (TPSA) is 67.0 Å². The van der Waals surface area contributed by atoms with Crippen LogP contribution in [0.25, 0.3) is 11.0 Å². The van der Waals surface area contributed by atoms with Crippen molar-refractivity contribution in [3.63, 3.8) is 0 Å². The summed E-state index contributed by atoms with van der Waals surface area (Å²) in [6.45, 7) is 2.22. The lowest BCUT2D eigenvalue weighted by atomic mass is 10.3. The molecular formula is C19H19Cl2N3O2. The number of para-hydroxylation sites is 2. The third-order valence-electron chi connectivity index (χ3n) is 3.89. The second kappa shape index (κ2) is 8.43. The summed E-state index contributed by atoms with van der Waals surface area (Å²) in [5, 5.41) is 3.76. The van der Waals surface area contributed by atoms with Crippen molar-refractivity contribution in [2.45, 2.75) is 25.9 Å². The van der Waals surface area contributed by atoms with Gasteiger partial charge in [-0.15, -0.1) is 0 Å². The molecule has 0 bridgehead atoms. The lowest BCUT2D eigenvalue weighted by Crippen LogP contribution is -2.37. The first kappa shape index (κ1) is 18.5. The fourth-order valence-electron chi connectivity index (χ4n) is 2.55. The fourth-order valence-corrected chi connectivity index (χ4v) is 3.00. The predicted molar refractivity (Wildman–Crippen MR) is 104 cm³/mol. The van der Waals surface area contributed by atoms with E-state index in [0.29, 0.717) is 22.3 Å². The number of rotatable bonds is 7. The van der Waals surface area contributed by atoms with E-state index in [-0.39, 0.29) is 5.91 Å². The molecule has 3 aromatic rings. The first-order valence-corrected chi connectivity index (χ1v) is 9.11. The molecule has 0 radical (unpaired) electrons. The maximum absolute atomic E-state index is 12.1. The Morgan fingerprint density at radius 1 is 1.27 bits per heavy atom. The van der Waals surface area contributed by atoms with Crippen LogP contribution in [-0.4, -0.2) is 28.5 Å². The number of ether oxygens (including phenoxy) is 1. The van der Waals surface area contributed by atoms with Crippen LogP contribution in [0.3, 0.4) is 0 Å². The van der Waals surface area contributed by atoms with Gasteiger partial charge < -0.3 is 15.0 Å². The summed E-state index contributed by atoms with van der Waals surface area (Å²) < 4.78 is 5.60. The maximum Gasteiger partial charge on any atom is 0.260 e. The van der Waals surface area contributed by atoms with Crippen molar-refractivity contribution in [3.8, 4) is 5.75 Å². The van der Waals surface area contributed by atoms with Gasteiger partial charge in [0.05, 0.1) is 16.1 Å². The number of nitrogens with zero attached hydrogens (tertiary/aromatic N) is 1. The highest BCUT2D eigenvalue weighted by Gasteiger charge is 2.15. The van der Waals surface area contributed by atoms with Crippen LogP contribution in [-0.2, 0) is 11.2 Å². The van der Waals surface area contributed by atoms with Crippen LogP contribution in [0.2, 0.25) is 10.0 Å². The lowest BCUT2D eigenvalue weighted by Gasteiger charge is -2.15. The van der Waals surface area contributed by atoms with Crippen molar-refractivity contribution in [3.05, 3.63) is 58.3 Å². The molecule has 3 rings (SSSR count). The second-order valence-corrected chi connectivity index (χ2v) is 6.77. The molecule has 0 saturated carbocycles. The number of hydrogen-bond acceptors (Lipinski definition) is 3. The Bertz CT molecular complexity index is 878. The van der Waals surface area contributed by atoms with E-state index in [0.717, 1.165) is 29.7 Å². The molecule has 1 atom stereocenters. The Morgan fingerprint density at radius 2 is 2.08 bits per heavy atom. The normalized spacial score (nSPS) is 12.1. The zero-order chi connectivity index (χ0) is 18.5. The Hall–Kier alpha value is -2.24. The summed E-state index contributed by atoms with van der Waals surface area (Å²) in [6.07, 6.45) is 0.882. The number of amides is 1. The molecule has 0 aliphatic carbocycles. The molecule has 0 saturated heterocycles. The molecule has 1 unspecified atom stereocenters. The average Bonchev–Trinajstić information content (AvgIpc) is 3.03. The minimum absolute atomic E-state index is 0.194. The minimum atomic E-state index is -0.653. The van der Waals surface area contributed by atoms with Crippen molar-refractivity contribution >= 4 is 40.1 Å². The smallest absolute Gasteiger partial charge is 0.260 e. The van der Waals surface area contributed by atoms with E-state index in [1.807, 2.05) is 24.3 Å². The van der Waals surface area contributed by atoms with Crippen LogP contribution in [0, 0.1) is 0 Å². The molecular weight excluding hydrogens is 373 g/mol. The van der Waals surface area contributed by atoms with Crippen LogP contribution in [0.1, 0.15) is 19.2 Å². The first-order valence-electron chi connectivity index (χ1n) is 8.36. The standard InChI is InChI=1S/C19H19Cl2N3O2/c1-12(26-17-9-8-13(20)11-14(17)21)19(25)22-10-4-7-18-23-15-5-2-3-6-16(15)24-18/h2-3,5-6,8-9,11-12H,4,7,10H2,1H3,(H,22,25)(H,23,24). The molecule has 1 heterocycles. The van der Waals surface area contributed by atoms with Crippen molar-refractivity contribution in [2.24, 2.45) is 0 Å². The molecule has 7 heteroatoms. The van der Waals surface area contributed by atoms with Crippen LogP contribution in [0.4, 0.5) is 0 Å². The van der Waals surface area contributed by atoms with Crippen molar-refractivity contribution in [2.75, 3.05) is 6.54 Å². The number of aryl methyl sites for hydroxylation is 1. The monoisotopic (exact) mass is 391 g/mol. The summed E-state index contributed by atoms with van der Waals surface area (Å²) in [6, 6.07) is 12.8. The summed E-state index contributed by atoms with van der Waals surface area (Å²) in [5.41, 5.74) is 1.97. The van der Waals surface area contributed by atoms with E-state index in [1.165, 1.54) is 0 Å². The molecule has 5 nitrogen and oxygen atoms in total.